The Hall–Kier alpha value is -1.84. The molecule has 2 atom stereocenters. The van der Waals surface area contributed by atoms with Crippen molar-refractivity contribution in [1.29, 1.82) is 0 Å². The zero-order valence-corrected chi connectivity index (χ0v) is 12.1. The minimum absolute atomic E-state index is 0.308. The fourth-order valence-electron chi connectivity index (χ4n) is 2.56. The van der Waals surface area contributed by atoms with Gasteiger partial charge < -0.3 is 9.47 Å². The van der Waals surface area contributed by atoms with Crippen LogP contribution in [0.15, 0.2) is 24.3 Å². The van der Waals surface area contributed by atoms with Crippen molar-refractivity contribution < 1.29 is 19.1 Å². The molecule has 0 spiro atoms. The lowest BCUT2D eigenvalue weighted by molar-refractivity contribution is -0.152. The molecule has 0 N–H and O–H groups in total. The molecule has 0 aliphatic heterocycles. The lowest BCUT2D eigenvalue weighted by atomic mass is 9.92. The number of esters is 2. The van der Waals surface area contributed by atoms with Gasteiger partial charge in [-0.25, -0.2) is 0 Å². The molecule has 0 radical (unpaired) electrons. The molecule has 0 aromatic heterocycles. The molecule has 1 aromatic carbocycles. The summed E-state index contributed by atoms with van der Waals surface area (Å²) in [6, 6.07) is 7.67. The summed E-state index contributed by atoms with van der Waals surface area (Å²) in [6.45, 7) is 6.14. The van der Waals surface area contributed by atoms with Gasteiger partial charge in [-0.3, -0.25) is 9.59 Å². The molecule has 2 rings (SSSR count). The van der Waals surface area contributed by atoms with E-state index in [1.165, 1.54) is 0 Å². The van der Waals surface area contributed by atoms with Gasteiger partial charge in [-0.15, -0.1) is 0 Å². The van der Waals surface area contributed by atoms with Crippen molar-refractivity contribution in [3.63, 3.8) is 0 Å². The van der Waals surface area contributed by atoms with Crippen LogP contribution in [0.5, 0.6) is 0 Å². The number of aryl methyl sites for hydroxylation is 1. The van der Waals surface area contributed by atoms with E-state index in [4.69, 9.17) is 9.47 Å². The second-order valence-corrected chi connectivity index (χ2v) is 5.07. The van der Waals surface area contributed by atoms with Gasteiger partial charge in [0.2, 0.25) is 0 Å². The van der Waals surface area contributed by atoms with Crippen LogP contribution in [0.3, 0.4) is 0 Å². The molecule has 108 valence electrons. The van der Waals surface area contributed by atoms with Crippen LogP contribution in [-0.2, 0) is 24.5 Å². The third-order valence-electron chi connectivity index (χ3n) is 3.74. The predicted molar refractivity (Wildman–Crippen MR) is 74.2 cm³/mol. The van der Waals surface area contributed by atoms with Crippen LogP contribution >= 0.6 is 0 Å². The largest absolute Gasteiger partial charge is 0.466 e. The van der Waals surface area contributed by atoms with Gasteiger partial charge in [0, 0.05) is 0 Å². The summed E-state index contributed by atoms with van der Waals surface area (Å²) in [5.41, 5.74) is 1.09. The summed E-state index contributed by atoms with van der Waals surface area (Å²) in [5.74, 6) is -1.08. The van der Waals surface area contributed by atoms with E-state index in [0.29, 0.717) is 19.6 Å². The molecule has 2 unspecified atom stereocenters. The standard InChI is InChI=1S/C16H20O4/c1-4-19-14(17)13-10-16(13,15(18)20-5-2)12-8-6-11(3)7-9-12/h6-9,13H,4-5,10H2,1-3H3. The van der Waals surface area contributed by atoms with Crippen molar-refractivity contribution in [2.75, 3.05) is 13.2 Å². The van der Waals surface area contributed by atoms with Crippen molar-refractivity contribution in [2.45, 2.75) is 32.6 Å². The first-order valence-corrected chi connectivity index (χ1v) is 6.97. The Balaban J connectivity index is 2.30. The van der Waals surface area contributed by atoms with Crippen LogP contribution in [0.4, 0.5) is 0 Å². The third-order valence-corrected chi connectivity index (χ3v) is 3.74. The molecule has 4 nitrogen and oxygen atoms in total. The molecule has 0 amide bonds. The van der Waals surface area contributed by atoms with Gasteiger partial charge >= 0.3 is 11.9 Å². The van der Waals surface area contributed by atoms with Gasteiger partial charge in [0.15, 0.2) is 0 Å². The first-order chi connectivity index (χ1) is 9.56. The van der Waals surface area contributed by atoms with Crippen LogP contribution in [0, 0.1) is 12.8 Å². The maximum absolute atomic E-state index is 12.3. The van der Waals surface area contributed by atoms with Crippen molar-refractivity contribution in [3.8, 4) is 0 Å². The van der Waals surface area contributed by atoms with E-state index in [0.717, 1.165) is 11.1 Å². The highest BCUT2D eigenvalue weighted by molar-refractivity contribution is 5.96. The minimum atomic E-state index is -0.851. The van der Waals surface area contributed by atoms with Gasteiger partial charge in [-0.05, 0) is 32.8 Å². The number of benzene rings is 1. The van der Waals surface area contributed by atoms with Crippen LogP contribution in [0.1, 0.15) is 31.4 Å². The first-order valence-electron chi connectivity index (χ1n) is 6.97. The number of hydrogen-bond donors (Lipinski definition) is 0. The smallest absolute Gasteiger partial charge is 0.317 e. The fourth-order valence-corrected chi connectivity index (χ4v) is 2.56. The molecule has 1 saturated carbocycles. The Morgan fingerprint density at radius 2 is 1.75 bits per heavy atom. The fraction of sp³-hybridized carbons (Fsp3) is 0.500. The summed E-state index contributed by atoms with van der Waals surface area (Å²) < 4.78 is 10.2. The molecule has 1 aliphatic rings. The molecule has 4 heteroatoms. The highest BCUT2D eigenvalue weighted by Crippen LogP contribution is 2.55. The Morgan fingerprint density at radius 3 is 2.30 bits per heavy atom. The highest BCUT2D eigenvalue weighted by Gasteiger charge is 2.66. The monoisotopic (exact) mass is 276 g/mol. The number of rotatable bonds is 5. The van der Waals surface area contributed by atoms with E-state index >= 15 is 0 Å². The van der Waals surface area contributed by atoms with Gasteiger partial charge in [0.25, 0.3) is 0 Å². The third kappa shape index (κ3) is 2.42. The van der Waals surface area contributed by atoms with Crippen molar-refractivity contribution >= 4 is 11.9 Å². The van der Waals surface area contributed by atoms with E-state index < -0.39 is 11.3 Å². The molecule has 1 aromatic rings. The van der Waals surface area contributed by atoms with Crippen LogP contribution in [-0.4, -0.2) is 25.2 Å². The zero-order valence-electron chi connectivity index (χ0n) is 12.1. The number of hydrogen-bond acceptors (Lipinski definition) is 4. The lowest BCUT2D eigenvalue weighted by Gasteiger charge is -2.16. The van der Waals surface area contributed by atoms with Crippen LogP contribution < -0.4 is 0 Å². The minimum Gasteiger partial charge on any atom is -0.466 e. The van der Waals surface area contributed by atoms with Gasteiger partial charge in [0.05, 0.1) is 19.1 Å². The molecule has 0 heterocycles. The number of carbonyl (C=O) groups excluding carboxylic acids is 2. The molecule has 0 saturated heterocycles. The van der Waals surface area contributed by atoms with E-state index in [1.54, 1.807) is 13.8 Å². The Bertz CT molecular complexity index is 506. The zero-order chi connectivity index (χ0) is 14.8. The average Bonchev–Trinajstić information content (AvgIpc) is 3.17. The predicted octanol–water partition coefficient (Wildman–Crippen LogP) is 2.38. The number of carbonyl (C=O) groups is 2. The van der Waals surface area contributed by atoms with E-state index in [9.17, 15) is 9.59 Å². The Kier molecular flexibility index (Phi) is 4.12. The molecule has 0 bridgehead atoms. The maximum atomic E-state index is 12.3. The average molecular weight is 276 g/mol. The lowest BCUT2D eigenvalue weighted by Crippen LogP contribution is -2.28. The summed E-state index contributed by atoms with van der Waals surface area (Å²) >= 11 is 0. The number of ether oxygens (including phenoxy) is 2. The van der Waals surface area contributed by atoms with E-state index in [2.05, 4.69) is 0 Å². The topological polar surface area (TPSA) is 52.6 Å². The quantitative estimate of drug-likeness (QED) is 0.775. The SMILES string of the molecule is CCOC(=O)C1CC1(C(=O)OCC)c1ccc(C)cc1. The summed E-state index contributed by atoms with van der Waals surface area (Å²) in [5, 5.41) is 0. The second-order valence-electron chi connectivity index (χ2n) is 5.07. The van der Waals surface area contributed by atoms with Gasteiger partial charge in [0.1, 0.15) is 5.41 Å². The van der Waals surface area contributed by atoms with Gasteiger partial charge in [-0.1, -0.05) is 29.8 Å². The summed E-state index contributed by atoms with van der Waals surface area (Å²) in [6.07, 6.45) is 0.466. The van der Waals surface area contributed by atoms with E-state index in [-0.39, 0.29) is 11.9 Å². The van der Waals surface area contributed by atoms with E-state index in [1.807, 2.05) is 31.2 Å². The second kappa shape index (κ2) is 5.65. The van der Waals surface area contributed by atoms with Crippen molar-refractivity contribution in [2.24, 2.45) is 5.92 Å². The summed E-state index contributed by atoms with van der Waals surface area (Å²) in [4.78, 5) is 24.2. The van der Waals surface area contributed by atoms with Crippen LogP contribution in [0.25, 0.3) is 0 Å². The summed E-state index contributed by atoms with van der Waals surface area (Å²) in [7, 11) is 0. The Labute approximate surface area is 119 Å². The molecular formula is C16H20O4. The first kappa shape index (κ1) is 14.6. The maximum Gasteiger partial charge on any atom is 0.317 e. The normalized spacial score (nSPS) is 24.1. The van der Waals surface area contributed by atoms with Crippen molar-refractivity contribution in [3.05, 3.63) is 35.4 Å². The van der Waals surface area contributed by atoms with Crippen LogP contribution in [0.2, 0.25) is 0 Å². The molecule has 1 fully saturated rings. The molecular weight excluding hydrogens is 256 g/mol. The molecule has 20 heavy (non-hydrogen) atoms. The Morgan fingerprint density at radius 1 is 1.15 bits per heavy atom. The van der Waals surface area contributed by atoms with Crippen molar-refractivity contribution in [1.82, 2.24) is 0 Å². The van der Waals surface area contributed by atoms with Gasteiger partial charge in [-0.2, -0.15) is 0 Å². The highest BCUT2D eigenvalue weighted by atomic mass is 16.5. The molecule has 1 aliphatic carbocycles.